The van der Waals surface area contributed by atoms with Crippen LogP contribution in [0.3, 0.4) is 0 Å². The molecule has 1 rings (SSSR count). The first-order valence-electron chi connectivity index (χ1n) is 7.77. The van der Waals surface area contributed by atoms with Crippen LogP contribution < -0.4 is 16.0 Å². The van der Waals surface area contributed by atoms with Crippen molar-refractivity contribution in [2.75, 3.05) is 7.11 Å². The molecular formula is C16H32N4O. The summed E-state index contributed by atoms with van der Waals surface area (Å²) in [5, 5.41) is 4.43. The van der Waals surface area contributed by atoms with Gasteiger partial charge in [-0.1, -0.05) is 27.7 Å². The maximum absolute atomic E-state index is 5.82. The standard InChI is InChI=1S/C16H32N4O/c1-11(2)20-15(14(21-7)10-18-20)13(19-17)8-12(3)9-16(4,5)6/h10-13,19H,8-9,17H2,1-7H3. The first kappa shape index (κ1) is 18.0. The van der Waals surface area contributed by atoms with Crippen molar-refractivity contribution in [3.05, 3.63) is 11.9 Å². The molecule has 0 aliphatic heterocycles. The van der Waals surface area contributed by atoms with E-state index in [0.29, 0.717) is 11.3 Å². The molecule has 0 amide bonds. The molecule has 0 aliphatic carbocycles. The second kappa shape index (κ2) is 7.27. The monoisotopic (exact) mass is 296 g/mol. The van der Waals surface area contributed by atoms with E-state index in [0.717, 1.165) is 24.3 Å². The summed E-state index contributed by atoms with van der Waals surface area (Å²) in [6.07, 6.45) is 3.89. The van der Waals surface area contributed by atoms with Gasteiger partial charge in [0, 0.05) is 6.04 Å². The van der Waals surface area contributed by atoms with E-state index in [1.807, 2.05) is 4.68 Å². The number of ether oxygens (including phenoxy) is 1. The molecule has 0 saturated carbocycles. The lowest BCUT2D eigenvalue weighted by Crippen LogP contribution is -2.32. The molecule has 0 spiro atoms. The van der Waals surface area contributed by atoms with Gasteiger partial charge in [-0.05, 0) is 38.0 Å². The first-order chi connectivity index (χ1) is 9.69. The molecular weight excluding hydrogens is 264 g/mol. The average molecular weight is 296 g/mol. The van der Waals surface area contributed by atoms with Gasteiger partial charge in [0.05, 0.1) is 25.0 Å². The van der Waals surface area contributed by atoms with Crippen LogP contribution in [0, 0.1) is 11.3 Å². The molecule has 3 N–H and O–H groups in total. The quantitative estimate of drug-likeness (QED) is 0.597. The Kier molecular flexibility index (Phi) is 6.23. The first-order valence-corrected chi connectivity index (χ1v) is 7.77. The van der Waals surface area contributed by atoms with Crippen LogP contribution in [0.1, 0.15) is 72.2 Å². The minimum atomic E-state index is 0.0437. The molecule has 0 fully saturated rings. The highest BCUT2D eigenvalue weighted by Gasteiger charge is 2.25. The van der Waals surface area contributed by atoms with E-state index in [4.69, 9.17) is 10.6 Å². The second-order valence-corrected chi connectivity index (χ2v) is 7.46. The van der Waals surface area contributed by atoms with Crippen molar-refractivity contribution in [3.63, 3.8) is 0 Å². The van der Waals surface area contributed by atoms with Crippen LogP contribution in [0.4, 0.5) is 0 Å². The lowest BCUT2D eigenvalue weighted by molar-refractivity contribution is 0.268. The van der Waals surface area contributed by atoms with Gasteiger partial charge in [-0.3, -0.25) is 16.0 Å². The summed E-state index contributed by atoms with van der Waals surface area (Å²) in [5.74, 6) is 7.18. The lowest BCUT2D eigenvalue weighted by Gasteiger charge is -2.27. The number of methoxy groups -OCH3 is 1. The SMILES string of the molecule is COc1cnn(C(C)C)c1C(CC(C)CC(C)(C)C)NN. The smallest absolute Gasteiger partial charge is 0.161 e. The number of hydrogen-bond acceptors (Lipinski definition) is 4. The number of nitrogens with two attached hydrogens (primary N) is 1. The fourth-order valence-corrected chi connectivity index (χ4v) is 3.05. The summed E-state index contributed by atoms with van der Waals surface area (Å²) in [6, 6.07) is 0.319. The van der Waals surface area contributed by atoms with E-state index in [1.165, 1.54) is 0 Å². The van der Waals surface area contributed by atoms with E-state index in [9.17, 15) is 0 Å². The number of aromatic nitrogens is 2. The van der Waals surface area contributed by atoms with Crippen LogP contribution >= 0.6 is 0 Å². The normalized spacial score (nSPS) is 15.3. The van der Waals surface area contributed by atoms with Crippen LogP contribution in [0.25, 0.3) is 0 Å². The Morgan fingerprint density at radius 1 is 1.33 bits per heavy atom. The summed E-state index contributed by atoms with van der Waals surface area (Å²) in [7, 11) is 1.68. The molecule has 0 bridgehead atoms. The lowest BCUT2D eigenvalue weighted by atomic mass is 9.82. The van der Waals surface area contributed by atoms with Crippen molar-refractivity contribution in [3.8, 4) is 5.75 Å². The molecule has 21 heavy (non-hydrogen) atoms. The van der Waals surface area contributed by atoms with Gasteiger partial charge < -0.3 is 4.74 Å². The number of hydrogen-bond donors (Lipinski definition) is 2. The van der Waals surface area contributed by atoms with Gasteiger partial charge in [0.2, 0.25) is 0 Å². The van der Waals surface area contributed by atoms with Crippen LogP contribution in [0.5, 0.6) is 5.75 Å². The molecule has 0 aliphatic rings. The molecule has 2 atom stereocenters. The summed E-state index contributed by atoms with van der Waals surface area (Å²) in [6.45, 7) is 13.3. The van der Waals surface area contributed by atoms with Crippen LogP contribution in [0.15, 0.2) is 6.20 Å². The van der Waals surface area contributed by atoms with Crippen LogP contribution in [-0.4, -0.2) is 16.9 Å². The summed E-state index contributed by atoms with van der Waals surface area (Å²) < 4.78 is 7.46. The van der Waals surface area contributed by atoms with Crippen molar-refractivity contribution >= 4 is 0 Å². The summed E-state index contributed by atoms with van der Waals surface area (Å²) in [5.41, 5.74) is 4.31. The fourth-order valence-electron chi connectivity index (χ4n) is 3.05. The van der Waals surface area contributed by atoms with Crippen molar-refractivity contribution in [1.82, 2.24) is 15.2 Å². The van der Waals surface area contributed by atoms with E-state index in [2.05, 4.69) is 52.1 Å². The molecule has 2 unspecified atom stereocenters. The highest BCUT2D eigenvalue weighted by Crippen LogP contribution is 2.34. The van der Waals surface area contributed by atoms with Gasteiger partial charge >= 0.3 is 0 Å². The zero-order valence-corrected chi connectivity index (χ0v) is 14.6. The molecule has 0 aromatic carbocycles. The Hall–Kier alpha value is -1.07. The Bertz CT molecular complexity index is 434. The Morgan fingerprint density at radius 2 is 1.95 bits per heavy atom. The number of nitrogens with one attached hydrogen (secondary N) is 1. The Labute approximate surface area is 129 Å². The van der Waals surface area contributed by atoms with Crippen molar-refractivity contribution in [2.45, 2.75) is 66.5 Å². The van der Waals surface area contributed by atoms with Crippen molar-refractivity contribution < 1.29 is 4.74 Å². The van der Waals surface area contributed by atoms with Crippen LogP contribution in [-0.2, 0) is 0 Å². The van der Waals surface area contributed by atoms with Crippen molar-refractivity contribution in [2.24, 2.45) is 17.2 Å². The molecule has 5 heteroatoms. The number of nitrogens with zero attached hydrogens (tertiary/aromatic N) is 2. The van der Waals surface area contributed by atoms with E-state index in [1.54, 1.807) is 13.3 Å². The zero-order valence-electron chi connectivity index (χ0n) is 14.6. The third-order valence-corrected chi connectivity index (χ3v) is 3.64. The summed E-state index contributed by atoms with van der Waals surface area (Å²) >= 11 is 0. The minimum Gasteiger partial charge on any atom is -0.493 e. The minimum absolute atomic E-state index is 0.0437. The Morgan fingerprint density at radius 3 is 2.38 bits per heavy atom. The van der Waals surface area contributed by atoms with Gasteiger partial charge in [0.1, 0.15) is 0 Å². The second-order valence-electron chi connectivity index (χ2n) is 7.46. The predicted molar refractivity (Wildman–Crippen MR) is 87.1 cm³/mol. The largest absolute Gasteiger partial charge is 0.493 e. The molecule has 122 valence electrons. The average Bonchev–Trinajstić information content (AvgIpc) is 2.77. The Balaban J connectivity index is 2.96. The van der Waals surface area contributed by atoms with Crippen molar-refractivity contribution in [1.29, 1.82) is 0 Å². The zero-order chi connectivity index (χ0) is 16.2. The third kappa shape index (κ3) is 5.00. The molecule has 1 heterocycles. The maximum atomic E-state index is 5.82. The molecule has 1 aromatic heterocycles. The third-order valence-electron chi connectivity index (χ3n) is 3.64. The van der Waals surface area contributed by atoms with Crippen LogP contribution in [0.2, 0.25) is 0 Å². The summed E-state index contributed by atoms with van der Waals surface area (Å²) in [4.78, 5) is 0. The number of hydrazine groups is 1. The maximum Gasteiger partial charge on any atom is 0.161 e. The number of rotatable bonds is 7. The van der Waals surface area contributed by atoms with Gasteiger partial charge in [-0.2, -0.15) is 5.10 Å². The van der Waals surface area contributed by atoms with E-state index >= 15 is 0 Å². The predicted octanol–water partition coefficient (Wildman–Crippen LogP) is 3.44. The van der Waals surface area contributed by atoms with Gasteiger partial charge in [-0.25, -0.2) is 0 Å². The van der Waals surface area contributed by atoms with Gasteiger partial charge in [0.25, 0.3) is 0 Å². The highest BCUT2D eigenvalue weighted by molar-refractivity contribution is 5.28. The fraction of sp³-hybridized carbons (Fsp3) is 0.812. The van der Waals surface area contributed by atoms with Gasteiger partial charge in [0.15, 0.2) is 5.75 Å². The highest BCUT2D eigenvalue weighted by atomic mass is 16.5. The molecule has 0 saturated heterocycles. The molecule has 1 aromatic rings. The topological polar surface area (TPSA) is 65.1 Å². The van der Waals surface area contributed by atoms with E-state index in [-0.39, 0.29) is 12.1 Å². The van der Waals surface area contributed by atoms with E-state index < -0.39 is 0 Å². The molecule has 0 radical (unpaired) electrons. The molecule has 5 nitrogen and oxygen atoms in total. The van der Waals surface area contributed by atoms with Gasteiger partial charge in [-0.15, -0.1) is 0 Å².